The molecule has 0 saturated carbocycles. The number of halogens is 6. The summed E-state index contributed by atoms with van der Waals surface area (Å²) in [4.78, 5) is 0. The molecule has 10 rings (SSSR count). The van der Waals surface area contributed by atoms with Crippen LogP contribution in [0.25, 0.3) is 0 Å². The molecular formula is C48H39AlB2Cl6O6. The van der Waals surface area contributed by atoms with E-state index in [4.69, 9.17) is 93.2 Å². The van der Waals surface area contributed by atoms with Gasteiger partial charge in [0.2, 0.25) is 0 Å². The molecule has 0 spiro atoms. The summed E-state index contributed by atoms with van der Waals surface area (Å²) < 4.78 is 37.1. The summed E-state index contributed by atoms with van der Waals surface area (Å²) >= 11 is 16.1. The van der Waals surface area contributed by atoms with Gasteiger partial charge in [0.25, 0.3) is 6.71 Å². The van der Waals surface area contributed by atoms with Crippen molar-refractivity contribution in [1.29, 1.82) is 0 Å². The van der Waals surface area contributed by atoms with Crippen LogP contribution in [0.3, 0.4) is 0 Å². The molecule has 0 unspecified atom stereocenters. The molecule has 0 aliphatic carbocycles. The first-order valence-corrected chi connectivity index (χ1v) is 26.2. The lowest BCUT2D eigenvalue weighted by molar-refractivity contribution is 0.00578. The second-order valence-corrected chi connectivity index (χ2v) is 23.0. The van der Waals surface area contributed by atoms with Crippen molar-refractivity contribution in [3.63, 3.8) is 0 Å². The van der Waals surface area contributed by atoms with E-state index in [2.05, 4.69) is 6.07 Å². The Kier molecular flexibility index (Phi) is 15.6. The van der Waals surface area contributed by atoms with Crippen LogP contribution in [0.5, 0.6) is 46.0 Å². The van der Waals surface area contributed by atoms with Gasteiger partial charge >= 0.3 is 18.5 Å². The molecule has 63 heavy (non-hydrogen) atoms. The van der Waals surface area contributed by atoms with Crippen LogP contribution < -0.4 is 40.8 Å². The molecule has 3 aliphatic heterocycles. The maximum atomic E-state index is 6.32. The molecule has 7 aromatic rings. The SMILES string of the molecule is CC1(C)OB(c2c(Oc3ccccc3)cccc2Oc2cccc(Cl)c2)OC1(C)C.Clc1ccc2c(c1)Oc1cccc3c1B2c1ccccc1O3.Clc1ccccc1.[Cl][Al]([Cl])[Cl]. The van der Waals surface area contributed by atoms with Crippen LogP contribution in [0.15, 0.2) is 164 Å². The van der Waals surface area contributed by atoms with Gasteiger partial charge < -0.3 is 28.3 Å². The van der Waals surface area contributed by atoms with Crippen molar-refractivity contribution in [3.05, 3.63) is 179 Å². The molecule has 3 aliphatic rings. The van der Waals surface area contributed by atoms with E-state index in [1.165, 1.54) is 0 Å². The first-order valence-electron chi connectivity index (χ1n) is 19.8. The lowest BCUT2D eigenvalue weighted by Crippen LogP contribution is -2.57. The molecule has 0 N–H and O–H groups in total. The fourth-order valence-electron chi connectivity index (χ4n) is 6.93. The van der Waals surface area contributed by atoms with E-state index in [0.29, 0.717) is 32.8 Å². The van der Waals surface area contributed by atoms with Crippen LogP contribution >= 0.6 is 65.0 Å². The number of benzene rings is 7. The Morgan fingerprint density at radius 1 is 0.444 bits per heavy atom. The second-order valence-electron chi connectivity index (χ2n) is 15.3. The lowest BCUT2D eigenvalue weighted by Gasteiger charge is -2.32. The van der Waals surface area contributed by atoms with Crippen molar-refractivity contribution >= 4 is 112 Å². The molecule has 3 heterocycles. The van der Waals surface area contributed by atoms with Gasteiger partial charge in [0.15, 0.2) is 0 Å². The maximum absolute atomic E-state index is 6.32. The fourth-order valence-corrected chi connectivity index (χ4v) is 7.42. The number of rotatable bonds is 5. The maximum Gasteiger partial charge on any atom is 0.643 e. The summed E-state index contributed by atoms with van der Waals surface area (Å²) in [5.41, 5.74) is 3.08. The van der Waals surface area contributed by atoms with Gasteiger partial charge in [-0.2, -0.15) is 0 Å². The van der Waals surface area contributed by atoms with Crippen molar-refractivity contribution in [2.24, 2.45) is 0 Å². The summed E-state index contributed by atoms with van der Waals surface area (Å²) in [6.07, 6.45) is 0. The molecule has 0 aromatic heterocycles. The number of para-hydroxylation sites is 2. The third-order valence-electron chi connectivity index (χ3n) is 10.5. The van der Waals surface area contributed by atoms with E-state index >= 15 is 0 Å². The Bertz CT molecular complexity index is 2640. The van der Waals surface area contributed by atoms with Gasteiger partial charge in [0, 0.05) is 20.5 Å². The first-order chi connectivity index (χ1) is 30.2. The molecule has 318 valence electrons. The molecule has 0 atom stereocenters. The van der Waals surface area contributed by atoms with Crippen molar-refractivity contribution < 1.29 is 28.3 Å². The zero-order valence-corrected chi connectivity index (χ0v) is 40.2. The Hall–Kier alpha value is -3.94. The molecule has 1 saturated heterocycles. The van der Waals surface area contributed by atoms with Gasteiger partial charge in [-0.05, 0) is 124 Å². The Morgan fingerprint density at radius 3 is 1.51 bits per heavy atom. The first kappa shape index (κ1) is 47.0. The molecule has 7 aromatic carbocycles. The summed E-state index contributed by atoms with van der Waals surface area (Å²) in [7, 11) is 14.2. The quantitative estimate of drug-likeness (QED) is 0.160. The van der Waals surface area contributed by atoms with E-state index in [1.807, 2.05) is 173 Å². The minimum absolute atomic E-state index is 0.122. The third-order valence-corrected chi connectivity index (χ3v) is 11.2. The van der Waals surface area contributed by atoms with Crippen LogP contribution in [0.1, 0.15) is 27.7 Å². The molecule has 6 nitrogen and oxygen atoms in total. The van der Waals surface area contributed by atoms with E-state index < -0.39 is 29.7 Å². The second kappa shape index (κ2) is 20.9. The van der Waals surface area contributed by atoms with Crippen molar-refractivity contribution in [1.82, 2.24) is 0 Å². The van der Waals surface area contributed by atoms with Crippen molar-refractivity contribution in [2.75, 3.05) is 0 Å². The highest BCUT2D eigenvalue weighted by atomic mass is 35.8. The van der Waals surface area contributed by atoms with E-state index in [0.717, 1.165) is 50.2 Å². The normalized spacial score (nSPS) is 14.2. The van der Waals surface area contributed by atoms with Crippen LogP contribution in [-0.2, 0) is 9.31 Å². The minimum atomic E-state index is -1.72. The van der Waals surface area contributed by atoms with Gasteiger partial charge in [-0.15, -0.1) is 0 Å². The highest BCUT2D eigenvalue weighted by Gasteiger charge is 2.53. The molecule has 1 fully saturated rings. The van der Waals surface area contributed by atoms with Gasteiger partial charge in [-0.25, -0.2) is 30.1 Å². The zero-order chi connectivity index (χ0) is 44.7. The predicted molar refractivity (Wildman–Crippen MR) is 264 cm³/mol. The number of hydrogen-bond acceptors (Lipinski definition) is 6. The molecule has 0 bridgehead atoms. The summed E-state index contributed by atoms with van der Waals surface area (Å²) in [6, 6.07) is 51.9. The van der Waals surface area contributed by atoms with Crippen LogP contribution in [0, 0.1) is 0 Å². The van der Waals surface area contributed by atoms with E-state index in [-0.39, 0.29) is 6.71 Å². The highest BCUT2D eigenvalue weighted by Crippen LogP contribution is 2.40. The van der Waals surface area contributed by atoms with Crippen molar-refractivity contribution in [2.45, 2.75) is 38.9 Å². The number of ether oxygens (including phenoxy) is 4. The van der Waals surface area contributed by atoms with Crippen LogP contribution in [0.2, 0.25) is 15.1 Å². The Morgan fingerprint density at radius 2 is 0.905 bits per heavy atom. The van der Waals surface area contributed by atoms with Gasteiger partial charge in [-0.3, -0.25) is 0 Å². The number of hydrogen-bond donors (Lipinski definition) is 0. The third kappa shape index (κ3) is 11.7. The monoisotopic (exact) mass is 970 g/mol. The molecule has 0 radical (unpaired) electrons. The van der Waals surface area contributed by atoms with Crippen LogP contribution in [0.4, 0.5) is 0 Å². The highest BCUT2D eigenvalue weighted by molar-refractivity contribution is 7.54. The predicted octanol–water partition coefficient (Wildman–Crippen LogP) is 13.3. The molecule has 0 amide bonds. The van der Waals surface area contributed by atoms with Gasteiger partial charge in [0.1, 0.15) is 46.0 Å². The number of fused-ring (bicyclic) bond motifs is 4. The molecule has 15 heteroatoms. The lowest BCUT2D eigenvalue weighted by atomic mass is 9.35. The average Bonchev–Trinajstić information content (AvgIpc) is 3.46. The summed E-state index contributed by atoms with van der Waals surface area (Å²) in [6.45, 7) is 8.20. The average molecular weight is 973 g/mol. The van der Waals surface area contributed by atoms with Crippen LogP contribution in [-0.4, -0.2) is 36.4 Å². The van der Waals surface area contributed by atoms with E-state index in [1.54, 1.807) is 12.1 Å². The fraction of sp³-hybridized carbons (Fsp3) is 0.125. The molecular weight excluding hydrogens is 934 g/mol. The van der Waals surface area contributed by atoms with Gasteiger partial charge in [0.05, 0.1) is 16.7 Å². The van der Waals surface area contributed by atoms with Crippen molar-refractivity contribution in [3.8, 4) is 46.0 Å². The Balaban J connectivity index is 0.000000156. The van der Waals surface area contributed by atoms with E-state index in [9.17, 15) is 0 Å². The zero-order valence-electron chi connectivity index (χ0n) is 34.5. The topological polar surface area (TPSA) is 55.4 Å². The summed E-state index contributed by atoms with van der Waals surface area (Å²) in [5.74, 6) is 5.96. The standard InChI is InChI=1S/C24H24BClO4.C18H10BClO2.C6H5Cl.Al.3ClH/c1-23(2)24(3,4)30-25(29-23)22-20(27-18-11-6-5-7-12-18)14-9-15-21(22)28-19-13-8-10-17(26)16-19;20-11-8-9-13-17(10-11)22-16-7-3-6-15-18(16)19(13)12-4-1-2-5-14(12)21-15;7-6-4-2-1-3-5-6;;;;/h5-16H,1-4H3;1-10H;1-5H;;3*1H/q;;;+3;;;/p-3. The van der Waals surface area contributed by atoms with Gasteiger partial charge in [-0.1, -0.05) is 114 Å². The largest absolute Gasteiger partial charge is 0.643 e. The smallest absolute Gasteiger partial charge is 0.458 e. The summed E-state index contributed by atoms with van der Waals surface area (Å²) in [5, 5.41) is 2.07. The minimum Gasteiger partial charge on any atom is -0.458 e. The Labute approximate surface area is 401 Å².